The Morgan fingerprint density at radius 3 is 2.76 bits per heavy atom. The lowest BCUT2D eigenvalue weighted by molar-refractivity contribution is 0.0954. The van der Waals surface area contributed by atoms with Gasteiger partial charge in [0.05, 0.1) is 11.0 Å². The third-order valence-corrected chi connectivity index (χ3v) is 5.20. The van der Waals surface area contributed by atoms with Crippen molar-refractivity contribution in [2.45, 2.75) is 26.1 Å². The fourth-order valence-electron chi connectivity index (χ4n) is 2.68. The van der Waals surface area contributed by atoms with Crippen molar-refractivity contribution in [3.05, 3.63) is 76.5 Å². The summed E-state index contributed by atoms with van der Waals surface area (Å²) in [5.74, 6) is -0.0495. The first-order chi connectivity index (χ1) is 11.9. The van der Waals surface area contributed by atoms with E-state index < -0.39 is 5.72 Å². The highest BCUT2D eigenvalue weighted by atomic mass is 32.1. The minimum absolute atomic E-state index is 0.0721. The Morgan fingerprint density at radius 1 is 1.36 bits per heavy atom. The summed E-state index contributed by atoms with van der Waals surface area (Å²) < 4.78 is 0. The Kier molecular flexibility index (Phi) is 4.65. The number of aryl methyl sites for hydroxylation is 1. The molecule has 2 heterocycles. The molecule has 0 aliphatic carbocycles. The maximum Gasteiger partial charge on any atom is 0.268 e. The molecule has 3 rings (SSSR count). The maximum atomic E-state index is 12.5. The second kappa shape index (κ2) is 6.74. The van der Waals surface area contributed by atoms with Crippen LogP contribution in [0, 0.1) is 6.92 Å². The fraction of sp³-hybridized carbons (Fsp3) is 0.211. The van der Waals surface area contributed by atoms with Crippen LogP contribution >= 0.6 is 11.3 Å². The fourth-order valence-corrected chi connectivity index (χ4v) is 3.86. The van der Waals surface area contributed by atoms with Crippen LogP contribution in [0.5, 0.6) is 0 Å². The van der Waals surface area contributed by atoms with E-state index in [1.807, 2.05) is 43.3 Å². The summed E-state index contributed by atoms with van der Waals surface area (Å²) in [4.78, 5) is 14.9. The van der Waals surface area contributed by atoms with E-state index in [0.717, 1.165) is 16.1 Å². The summed E-state index contributed by atoms with van der Waals surface area (Å²) in [5.41, 5.74) is 0.811. The van der Waals surface area contributed by atoms with Crippen LogP contribution in [0.4, 0.5) is 5.00 Å². The van der Waals surface area contributed by atoms with E-state index in [1.54, 1.807) is 24.1 Å². The standard InChI is InChI=1S/C19H20N2O3S/c1-13-10-16(21-9-8-15(22)11-19(21,2)24)25-17(13)18(23)20-12-14-6-4-3-5-7-14/h3-11,22,24H,12H2,1-2H3,(H,20,23)/p+1. The van der Waals surface area contributed by atoms with Crippen molar-refractivity contribution < 1.29 is 15.0 Å². The SMILES string of the molecule is Cc1cc(N2C=CC(O)=CC2(C)[OH2+])sc1C(=O)NCc1ccccc1. The number of hydrogen-bond acceptors (Lipinski definition) is 4. The third kappa shape index (κ3) is 3.75. The second-order valence-corrected chi connectivity index (χ2v) is 7.20. The van der Waals surface area contributed by atoms with Crippen LogP contribution in [-0.2, 0) is 6.54 Å². The quantitative estimate of drug-likeness (QED) is 0.825. The first-order valence-corrected chi connectivity index (χ1v) is 8.75. The first kappa shape index (κ1) is 17.3. The van der Waals surface area contributed by atoms with Crippen LogP contribution in [0.2, 0.25) is 0 Å². The number of carbonyl (C=O) groups is 1. The monoisotopic (exact) mass is 357 g/mol. The van der Waals surface area contributed by atoms with E-state index in [0.29, 0.717) is 11.4 Å². The largest absolute Gasteiger partial charge is 0.508 e. The average Bonchev–Trinajstić information content (AvgIpc) is 2.94. The molecule has 0 saturated carbocycles. The Morgan fingerprint density at radius 2 is 2.08 bits per heavy atom. The number of benzene rings is 1. The van der Waals surface area contributed by atoms with Crippen molar-refractivity contribution in [2.24, 2.45) is 0 Å². The number of carbonyl (C=O) groups excluding carboxylic acids is 1. The zero-order chi connectivity index (χ0) is 18.0. The van der Waals surface area contributed by atoms with Gasteiger partial charge < -0.3 is 15.5 Å². The second-order valence-electron chi connectivity index (χ2n) is 6.17. The molecule has 1 atom stereocenters. The van der Waals surface area contributed by atoms with E-state index >= 15 is 0 Å². The zero-order valence-corrected chi connectivity index (χ0v) is 14.9. The number of rotatable bonds is 4. The van der Waals surface area contributed by atoms with Crippen LogP contribution < -0.4 is 10.2 Å². The number of anilines is 1. The molecule has 0 fully saturated rings. The van der Waals surface area contributed by atoms with E-state index in [-0.39, 0.29) is 11.7 Å². The van der Waals surface area contributed by atoms with Gasteiger partial charge in [0.15, 0.2) is 0 Å². The van der Waals surface area contributed by atoms with Gasteiger partial charge >= 0.3 is 0 Å². The van der Waals surface area contributed by atoms with Crippen LogP contribution in [0.1, 0.15) is 27.7 Å². The Bertz CT molecular complexity index is 838. The third-order valence-electron chi connectivity index (χ3n) is 3.97. The van der Waals surface area contributed by atoms with Crippen molar-refractivity contribution in [3.63, 3.8) is 0 Å². The van der Waals surface area contributed by atoms with Crippen molar-refractivity contribution in [1.29, 1.82) is 0 Å². The summed E-state index contributed by atoms with van der Waals surface area (Å²) in [7, 11) is 0. The van der Waals surface area contributed by atoms with Gasteiger partial charge in [-0.15, -0.1) is 11.3 Å². The van der Waals surface area contributed by atoms with Crippen LogP contribution in [-0.4, -0.2) is 21.8 Å². The van der Waals surface area contributed by atoms with Gasteiger partial charge in [-0.25, -0.2) is 0 Å². The van der Waals surface area contributed by atoms with Gasteiger partial charge in [0.25, 0.3) is 11.6 Å². The Hall–Kier alpha value is -2.57. The molecule has 1 unspecified atom stereocenters. The van der Waals surface area contributed by atoms with Crippen molar-refractivity contribution in [3.8, 4) is 0 Å². The molecular formula is C19H21N2O3S+. The van der Waals surface area contributed by atoms with Crippen molar-refractivity contribution in [1.82, 2.24) is 5.32 Å². The number of aliphatic hydroxyl groups excluding tert-OH is 1. The number of nitrogens with zero attached hydrogens (tertiary/aromatic N) is 1. The minimum Gasteiger partial charge on any atom is -0.508 e. The number of aliphatic hydroxyl groups is 1. The summed E-state index contributed by atoms with van der Waals surface area (Å²) in [6.07, 6.45) is 4.68. The topological polar surface area (TPSA) is 75.5 Å². The van der Waals surface area contributed by atoms with Crippen LogP contribution in [0.15, 0.2) is 60.5 Å². The minimum atomic E-state index is -1.10. The predicted octanol–water partition coefficient (Wildman–Crippen LogP) is 3.20. The van der Waals surface area contributed by atoms with Crippen molar-refractivity contribution >= 4 is 22.2 Å². The normalized spacial score (nSPS) is 19.6. The average molecular weight is 357 g/mol. The van der Waals surface area contributed by atoms with Crippen LogP contribution in [0.3, 0.4) is 0 Å². The maximum absolute atomic E-state index is 12.5. The summed E-state index contributed by atoms with van der Waals surface area (Å²) in [6.45, 7) is 4.05. The molecule has 1 aromatic carbocycles. The summed E-state index contributed by atoms with van der Waals surface area (Å²) in [6, 6.07) is 11.7. The van der Waals surface area contributed by atoms with Gasteiger partial charge in [0.1, 0.15) is 10.8 Å². The molecule has 0 radical (unpaired) electrons. The lowest BCUT2D eigenvalue weighted by atomic mass is 10.1. The smallest absolute Gasteiger partial charge is 0.268 e. The molecule has 0 spiro atoms. The van der Waals surface area contributed by atoms with E-state index in [2.05, 4.69) is 5.32 Å². The molecule has 130 valence electrons. The van der Waals surface area contributed by atoms with Gasteiger partial charge in [-0.3, -0.25) is 9.69 Å². The van der Waals surface area contributed by atoms with Gasteiger partial charge in [-0.2, -0.15) is 0 Å². The lowest BCUT2D eigenvalue weighted by Gasteiger charge is -2.30. The summed E-state index contributed by atoms with van der Waals surface area (Å²) >= 11 is 1.34. The Labute approximate surface area is 150 Å². The van der Waals surface area contributed by atoms with E-state index in [9.17, 15) is 9.90 Å². The number of nitrogens with one attached hydrogen (secondary N) is 1. The number of thiophene rings is 1. The molecule has 1 amide bonds. The molecule has 25 heavy (non-hydrogen) atoms. The van der Waals surface area contributed by atoms with E-state index in [1.165, 1.54) is 17.4 Å². The molecule has 1 aliphatic heterocycles. The molecule has 6 heteroatoms. The van der Waals surface area contributed by atoms with Gasteiger partial charge in [-0.1, -0.05) is 30.3 Å². The van der Waals surface area contributed by atoms with E-state index in [4.69, 9.17) is 5.11 Å². The zero-order valence-electron chi connectivity index (χ0n) is 14.1. The van der Waals surface area contributed by atoms with Gasteiger partial charge in [0.2, 0.25) is 0 Å². The first-order valence-electron chi connectivity index (χ1n) is 7.94. The molecule has 5 nitrogen and oxygen atoms in total. The molecule has 4 N–H and O–H groups in total. The van der Waals surface area contributed by atoms with Gasteiger partial charge in [0, 0.05) is 19.7 Å². The lowest BCUT2D eigenvalue weighted by Crippen LogP contribution is -2.42. The van der Waals surface area contributed by atoms with Crippen LogP contribution in [0.25, 0.3) is 0 Å². The molecule has 0 saturated heterocycles. The highest BCUT2D eigenvalue weighted by molar-refractivity contribution is 7.18. The molecule has 1 aliphatic rings. The highest BCUT2D eigenvalue weighted by Gasteiger charge is 2.35. The molecule has 1 aromatic heterocycles. The number of allylic oxidation sites excluding steroid dienone is 1. The number of hydrogen-bond donors (Lipinski definition) is 2. The molecular weight excluding hydrogens is 336 g/mol. The Balaban J connectivity index is 1.76. The number of amides is 1. The van der Waals surface area contributed by atoms with Crippen molar-refractivity contribution in [2.75, 3.05) is 4.90 Å². The molecule has 2 aromatic rings. The summed E-state index contributed by atoms with van der Waals surface area (Å²) in [5, 5.41) is 21.7. The highest BCUT2D eigenvalue weighted by Crippen LogP contribution is 2.36. The predicted molar refractivity (Wildman–Crippen MR) is 101 cm³/mol. The van der Waals surface area contributed by atoms with Gasteiger partial charge in [-0.05, 0) is 30.2 Å². The molecule has 0 bridgehead atoms.